The Morgan fingerprint density at radius 3 is 2.18 bits per heavy atom. The van der Waals surface area contributed by atoms with E-state index in [1.165, 1.54) is 0 Å². The zero-order chi connectivity index (χ0) is 13.0. The van der Waals surface area contributed by atoms with Crippen LogP contribution < -0.4 is 9.47 Å². The van der Waals surface area contributed by atoms with E-state index in [4.69, 9.17) is 21.1 Å². The summed E-state index contributed by atoms with van der Waals surface area (Å²) in [5, 5.41) is -0.0455. The molecule has 0 spiro atoms. The number of alkyl halides is 1. The van der Waals surface area contributed by atoms with Crippen molar-refractivity contribution < 1.29 is 9.47 Å². The van der Waals surface area contributed by atoms with Gasteiger partial charge in [0.2, 0.25) is 0 Å². The number of hydrogen-bond donors (Lipinski definition) is 0. The van der Waals surface area contributed by atoms with Crippen molar-refractivity contribution in [3.63, 3.8) is 0 Å². The standard InChI is InChI=1S/C14H21ClO2/c1-9(2)10(3)14(15)12-7-6-11(16-4)8-13(12)17-5/h6-10,14H,1-5H3. The Balaban J connectivity index is 3.04. The molecule has 3 heteroatoms. The van der Waals surface area contributed by atoms with E-state index in [0.29, 0.717) is 11.8 Å². The molecule has 0 aromatic heterocycles. The van der Waals surface area contributed by atoms with Crippen LogP contribution >= 0.6 is 11.6 Å². The highest BCUT2D eigenvalue weighted by Crippen LogP contribution is 2.39. The summed E-state index contributed by atoms with van der Waals surface area (Å²) in [5.74, 6) is 2.49. The van der Waals surface area contributed by atoms with Crippen molar-refractivity contribution in [2.45, 2.75) is 26.1 Å². The number of benzene rings is 1. The molecule has 0 bridgehead atoms. The molecule has 1 aromatic carbocycles. The molecule has 0 N–H and O–H groups in total. The van der Waals surface area contributed by atoms with Gasteiger partial charge in [-0.15, -0.1) is 11.6 Å². The molecular weight excluding hydrogens is 236 g/mol. The summed E-state index contributed by atoms with van der Waals surface area (Å²) in [6.45, 7) is 6.51. The molecule has 0 aliphatic heterocycles. The van der Waals surface area contributed by atoms with Crippen LogP contribution in [0.25, 0.3) is 0 Å². The number of rotatable bonds is 5. The fourth-order valence-electron chi connectivity index (χ4n) is 1.67. The second kappa shape index (κ2) is 6.15. The summed E-state index contributed by atoms with van der Waals surface area (Å²) in [5.41, 5.74) is 1.02. The molecule has 2 unspecified atom stereocenters. The van der Waals surface area contributed by atoms with Crippen LogP contribution in [0.3, 0.4) is 0 Å². The fraction of sp³-hybridized carbons (Fsp3) is 0.571. The zero-order valence-corrected chi connectivity index (χ0v) is 11.9. The molecule has 0 saturated carbocycles. The van der Waals surface area contributed by atoms with Crippen LogP contribution in [0.1, 0.15) is 31.7 Å². The van der Waals surface area contributed by atoms with E-state index in [1.54, 1.807) is 14.2 Å². The second-order valence-corrected chi connectivity index (χ2v) is 5.08. The Morgan fingerprint density at radius 2 is 1.71 bits per heavy atom. The molecular formula is C14H21ClO2. The molecule has 1 rings (SSSR count). The van der Waals surface area contributed by atoms with Gasteiger partial charge < -0.3 is 9.47 Å². The number of ether oxygens (including phenoxy) is 2. The Labute approximate surface area is 109 Å². The van der Waals surface area contributed by atoms with Crippen LogP contribution in [0.2, 0.25) is 0 Å². The third kappa shape index (κ3) is 3.29. The molecule has 0 saturated heterocycles. The first-order valence-corrected chi connectivity index (χ1v) is 6.30. The molecule has 0 radical (unpaired) electrons. The monoisotopic (exact) mass is 256 g/mol. The Morgan fingerprint density at radius 1 is 1.06 bits per heavy atom. The molecule has 0 amide bonds. The topological polar surface area (TPSA) is 18.5 Å². The van der Waals surface area contributed by atoms with E-state index < -0.39 is 0 Å². The lowest BCUT2D eigenvalue weighted by atomic mass is 9.90. The van der Waals surface area contributed by atoms with Crippen molar-refractivity contribution in [3.8, 4) is 11.5 Å². The predicted octanol–water partition coefficient (Wildman–Crippen LogP) is 4.28. The van der Waals surface area contributed by atoms with Crippen molar-refractivity contribution in [1.29, 1.82) is 0 Å². The molecule has 0 aliphatic rings. The van der Waals surface area contributed by atoms with Crippen molar-refractivity contribution >= 4 is 11.6 Å². The molecule has 0 aliphatic carbocycles. The number of methoxy groups -OCH3 is 2. The van der Waals surface area contributed by atoms with E-state index in [1.807, 2.05) is 18.2 Å². The number of hydrogen-bond acceptors (Lipinski definition) is 2. The summed E-state index contributed by atoms with van der Waals surface area (Å²) in [6.07, 6.45) is 0. The lowest BCUT2D eigenvalue weighted by Crippen LogP contribution is -2.11. The first kappa shape index (κ1) is 14.2. The van der Waals surface area contributed by atoms with Crippen molar-refractivity contribution in [3.05, 3.63) is 23.8 Å². The van der Waals surface area contributed by atoms with Crippen molar-refractivity contribution in [1.82, 2.24) is 0 Å². The van der Waals surface area contributed by atoms with Crippen LogP contribution in [-0.4, -0.2) is 14.2 Å². The summed E-state index contributed by atoms with van der Waals surface area (Å²) >= 11 is 6.51. The largest absolute Gasteiger partial charge is 0.497 e. The minimum atomic E-state index is -0.0455. The smallest absolute Gasteiger partial charge is 0.127 e. The minimum Gasteiger partial charge on any atom is -0.497 e. The summed E-state index contributed by atoms with van der Waals surface area (Å²) in [6, 6.07) is 5.77. The lowest BCUT2D eigenvalue weighted by Gasteiger charge is -2.23. The Bertz CT molecular complexity index is 363. The van der Waals surface area contributed by atoms with Crippen LogP contribution in [0, 0.1) is 11.8 Å². The summed E-state index contributed by atoms with van der Waals surface area (Å²) < 4.78 is 10.6. The van der Waals surface area contributed by atoms with E-state index in [9.17, 15) is 0 Å². The van der Waals surface area contributed by atoms with Gasteiger partial charge in [-0.25, -0.2) is 0 Å². The van der Waals surface area contributed by atoms with Crippen molar-refractivity contribution in [2.75, 3.05) is 14.2 Å². The number of halogens is 1. The summed E-state index contributed by atoms with van der Waals surface area (Å²) in [7, 11) is 3.30. The van der Waals surface area contributed by atoms with E-state index >= 15 is 0 Å². The van der Waals surface area contributed by atoms with Gasteiger partial charge in [-0.1, -0.05) is 26.8 Å². The van der Waals surface area contributed by atoms with Gasteiger partial charge in [0.25, 0.3) is 0 Å². The minimum absolute atomic E-state index is 0.0455. The Kier molecular flexibility index (Phi) is 5.13. The third-order valence-corrected chi connectivity index (χ3v) is 3.88. The molecule has 0 fully saturated rings. The van der Waals surface area contributed by atoms with Crippen molar-refractivity contribution in [2.24, 2.45) is 11.8 Å². The SMILES string of the molecule is COc1ccc(C(Cl)C(C)C(C)C)c(OC)c1. The third-order valence-electron chi connectivity index (χ3n) is 3.25. The van der Waals surface area contributed by atoms with E-state index in [0.717, 1.165) is 17.1 Å². The van der Waals surface area contributed by atoms with Gasteiger partial charge in [0.05, 0.1) is 19.6 Å². The van der Waals surface area contributed by atoms with Crippen LogP contribution in [-0.2, 0) is 0 Å². The Hall–Kier alpha value is -0.890. The highest BCUT2D eigenvalue weighted by molar-refractivity contribution is 6.21. The van der Waals surface area contributed by atoms with Gasteiger partial charge in [0, 0.05) is 11.6 Å². The van der Waals surface area contributed by atoms with Crippen LogP contribution in [0.5, 0.6) is 11.5 Å². The maximum atomic E-state index is 6.51. The van der Waals surface area contributed by atoms with Gasteiger partial charge in [-0.05, 0) is 17.9 Å². The molecule has 96 valence electrons. The average Bonchev–Trinajstić information content (AvgIpc) is 2.35. The zero-order valence-electron chi connectivity index (χ0n) is 11.2. The van der Waals surface area contributed by atoms with Gasteiger partial charge >= 0.3 is 0 Å². The van der Waals surface area contributed by atoms with E-state index in [2.05, 4.69) is 20.8 Å². The van der Waals surface area contributed by atoms with Crippen LogP contribution in [0.15, 0.2) is 18.2 Å². The normalized spacial score (nSPS) is 14.5. The quantitative estimate of drug-likeness (QED) is 0.733. The fourth-order valence-corrected chi connectivity index (χ4v) is 2.14. The molecule has 0 heterocycles. The van der Waals surface area contributed by atoms with Gasteiger partial charge in [0.1, 0.15) is 11.5 Å². The highest BCUT2D eigenvalue weighted by atomic mass is 35.5. The lowest BCUT2D eigenvalue weighted by molar-refractivity contribution is 0.372. The molecule has 1 aromatic rings. The first-order chi connectivity index (χ1) is 8.01. The summed E-state index contributed by atoms with van der Waals surface area (Å²) in [4.78, 5) is 0. The van der Waals surface area contributed by atoms with Gasteiger partial charge in [-0.2, -0.15) is 0 Å². The predicted molar refractivity (Wildman–Crippen MR) is 72.1 cm³/mol. The average molecular weight is 257 g/mol. The van der Waals surface area contributed by atoms with Gasteiger partial charge in [0.15, 0.2) is 0 Å². The maximum absolute atomic E-state index is 6.51. The molecule has 17 heavy (non-hydrogen) atoms. The molecule has 2 atom stereocenters. The van der Waals surface area contributed by atoms with E-state index in [-0.39, 0.29) is 5.38 Å². The first-order valence-electron chi connectivity index (χ1n) is 5.87. The van der Waals surface area contributed by atoms with Gasteiger partial charge in [-0.3, -0.25) is 0 Å². The maximum Gasteiger partial charge on any atom is 0.127 e. The highest BCUT2D eigenvalue weighted by Gasteiger charge is 2.22. The van der Waals surface area contributed by atoms with Crippen LogP contribution in [0.4, 0.5) is 0 Å². The molecule has 2 nitrogen and oxygen atoms in total. The second-order valence-electron chi connectivity index (χ2n) is 4.61.